The first kappa shape index (κ1) is 9.92. The number of hydrogen-bond donors (Lipinski definition) is 1. The Morgan fingerprint density at radius 2 is 2.25 bits per heavy atom. The molecule has 2 heterocycles. The van der Waals surface area contributed by atoms with Gasteiger partial charge in [0.15, 0.2) is 0 Å². The number of nitrogens with zero attached hydrogens (tertiary/aromatic N) is 5. The largest absolute Gasteiger partial charge is 0.382 e. The molecule has 0 radical (unpaired) electrons. The molecule has 80 valence electrons. The highest BCUT2D eigenvalue weighted by atomic mass is 16.2. The summed E-state index contributed by atoms with van der Waals surface area (Å²) in [5.41, 5.74) is 6.13. The van der Waals surface area contributed by atoms with E-state index in [9.17, 15) is 4.79 Å². The number of nitrogens with two attached hydrogens (primary N) is 1. The molecule has 0 fully saturated rings. The van der Waals surface area contributed by atoms with E-state index in [1.165, 1.54) is 17.1 Å². The molecule has 0 unspecified atom stereocenters. The number of hydrogen-bond acceptors (Lipinski definition) is 5. The fourth-order valence-electron chi connectivity index (χ4n) is 1.26. The summed E-state index contributed by atoms with van der Waals surface area (Å²) in [5.74, 6) is -0.372. The molecule has 0 spiro atoms. The Kier molecular flexibility index (Phi) is 2.17. The molecule has 7 nitrogen and oxygen atoms in total. The molecule has 0 saturated heterocycles. The van der Waals surface area contributed by atoms with Gasteiger partial charge in [-0.15, -0.1) is 0 Å². The Hall–Kier alpha value is -2.62. The van der Waals surface area contributed by atoms with E-state index in [0.717, 1.165) is 4.68 Å². The molecule has 2 rings (SSSR count). The van der Waals surface area contributed by atoms with E-state index in [1.807, 2.05) is 6.07 Å². The minimum Gasteiger partial charge on any atom is -0.382 e. The third-order valence-corrected chi connectivity index (χ3v) is 2.07. The Bertz CT molecular complexity index is 587. The summed E-state index contributed by atoms with van der Waals surface area (Å²) < 4.78 is 2.48. The van der Waals surface area contributed by atoms with Gasteiger partial charge in [0.25, 0.3) is 5.91 Å². The normalized spacial score (nSPS) is 10.0. The molecule has 7 heteroatoms. The first-order chi connectivity index (χ1) is 7.63. The monoisotopic (exact) mass is 216 g/mol. The van der Waals surface area contributed by atoms with Crippen LogP contribution in [0, 0.1) is 11.3 Å². The smallest absolute Gasteiger partial charge is 0.283 e. The number of carbonyl (C=O) groups is 1. The van der Waals surface area contributed by atoms with Crippen LogP contribution >= 0.6 is 0 Å². The fraction of sp³-hybridized carbons (Fsp3) is 0.111. The van der Waals surface area contributed by atoms with Crippen LogP contribution in [0.15, 0.2) is 18.6 Å². The molecule has 16 heavy (non-hydrogen) atoms. The lowest BCUT2D eigenvalue weighted by atomic mass is 10.3. The molecular formula is C9H8N6O. The SMILES string of the molecule is Cn1cc(C(=O)n2ncc(C#N)c2N)cn1. The van der Waals surface area contributed by atoms with Crippen molar-refractivity contribution in [1.82, 2.24) is 19.6 Å². The van der Waals surface area contributed by atoms with Crippen LogP contribution in [0.3, 0.4) is 0 Å². The molecule has 2 aromatic rings. The first-order valence-electron chi connectivity index (χ1n) is 4.40. The van der Waals surface area contributed by atoms with E-state index < -0.39 is 5.91 Å². The van der Waals surface area contributed by atoms with Gasteiger partial charge in [-0.2, -0.15) is 20.1 Å². The second-order valence-electron chi connectivity index (χ2n) is 3.17. The quantitative estimate of drug-likeness (QED) is 0.708. The van der Waals surface area contributed by atoms with Crippen molar-refractivity contribution >= 4 is 11.7 Å². The van der Waals surface area contributed by atoms with Crippen LogP contribution in [0.4, 0.5) is 5.82 Å². The van der Waals surface area contributed by atoms with E-state index in [-0.39, 0.29) is 11.4 Å². The summed E-state index contributed by atoms with van der Waals surface area (Å²) in [7, 11) is 1.70. The predicted molar refractivity (Wildman–Crippen MR) is 54.3 cm³/mol. The molecule has 2 aromatic heterocycles. The molecule has 2 N–H and O–H groups in total. The molecule has 0 aliphatic heterocycles. The lowest BCUT2D eigenvalue weighted by Gasteiger charge is -1.99. The maximum absolute atomic E-state index is 11.9. The van der Waals surface area contributed by atoms with Crippen molar-refractivity contribution in [1.29, 1.82) is 5.26 Å². The maximum Gasteiger partial charge on any atom is 0.283 e. The molecule has 0 bridgehead atoms. The topological polar surface area (TPSA) is 103 Å². The molecule has 0 amide bonds. The number of rotatable bonds is 1. The van der Waals surface area contributed by atoms with Crippen LogP contribution in [0.1, 0.15) is 15.9 Å². The van der Waals surface area contributed by atoms with E-state index in [1.54, 1.807) is 13.2 Å². The number of aryl methyl sites for hydroxylation is 1. The van der Waals surface area contributed by atoms with Gasteiger partial charge in [-0.3, -0.25) is 9.48 Å². The molecular weight excluding hydrogens is 208 g/mol. The summed E-state index contributed by atoms with van der Waals surface area (Å²) in [6.07, 6.45) is 4.22. The van der Waals surface area contributed by atoms with Gasteiger partial charge in [0, 0.05) is 13.2 Å². The number of carbonyl (C=O) groups excluding carboxylic acids is 1. The average molecular weight is 216 g/mol. The molecule has 0 aliphatic rings. The van der Waals surface area contributed by atoms with Crippen molar-refractivity contribution in [3.8, 4) is 6.07 Å². The zero-order chi connectivity index (χ0) is 11.7. The van der Waals surface area contributed by atoms with Gasteiger partial charge in [-0.25, -0.2) is 0 Å². The second-order valence-corrected chi connectivity index (χ2v) is 3.17. The van der Waals surface area contributed by atoms with Crippen molar-refractivity contribution in [3.05, 3.63) is 29.7 Å². The lowest BCUT2D eigenvalue weighted by Crippen LogP contribution is -2.15. The number of aromatic nitrogens is 4. The number of nitriles is 1. The zero-order valence-corrected chi connectivity index (χ0v) is 8.45. The number of nitrogen functional groups attached to an aromatic ring is 1. The average Bonchev–Trinajstić information content (AvgIpc) is 2.84. The van der Waals surface area contributed by atoms with Crippen molar-refractivity contribution in [3.63, 3.8) is 0 Å². The van der Waals surface area contributed by atoms with Crippen molar-refractivity contribution < 1.29 is 4.79 Å². The first-order valence-corrected chi connectivity index (χ1v) is 4.40. The van der Waals surface area contributed by atoms with Gasteiger partial charge in [0.2, 0.25) is 0 Å². The predicted octanol–water partition coefficient (Wildman–Crippen LogP) is -0.241. The molecule has 0 atom stereocenters. The highest BCUT2D eigenvalue weighted by Crippen LogP contribution is 2.11. The standard InChI is InChI=1S/C9H8N6O/c1-14-5-7(4-12-14)9(16)15-8(11)6(2-10)3-13-15/h3-5H,11H2,1H3. The van der Waals surface area contributed by atoms with Gasteiger partial charge >= 0.3 is 0 Å². The minimum absolute atomic E-state index is 0.0383. The highest BCUT2D eigenvalue weighted by Gasteiger charge is 2.16. The molecule has 0 aromatic carbocycles. The van der Waals surface area contributed by atoms with Crippen LogP contribution in [0.5, 0.6) is 0 Å². The van der Waals surface area contributed by atoms with E-state index in [4.69, 9.17) is 11.0 Å². The molecule has 0 saturated carbocycles. The lowest BCUT2D eigenvalue weighted by molar-refractivity contribution is 0.0948. The fourth-order valence-corrected chi connectivity index (χ4v) is 1.26. The van der Waals surface area contributed by atoms with Gasteiger partial charge in [-0.1, -0.05) is 0 Å². The van der Waals surface area contributed by atoms with E-state index in [2.05, 4.69) is 10.2 Å². The minimum atomic E-state index is -0.410. The summed E-state index contributed by atoms with van der Waals surface area (Å²) in [5, 5.41) is 16.3. The summed E-state index contributed by atoms with van der Waals surface area (Å²) in [6, 6.07) is 1.85. The van der Waals surface area contributed by atoms with E-state index in [0.29, 0.717) is 5.56 Å². The maximum atomic E-state index is 11.9. The van der Waals surface area contributed by atoms with E-state index >= 15 is 0 Å². The van der Waals surface area contributed by atoms with Crippen LogP contribution in [-0.4, -0.2) is 25.5 Å². The third-order valence-electron chi connectivity index (χ3n) is 2.07. The Morgan fingerprint density at radius 1 is 1.50 bits per heavy atom. The van der Waals surface area contributed by atoms with Gasteiger partial charge in [0.05, 0.1) is 18.0 Å². The van der Waals surface area contributed by atoms with Crippen molar-refractivity contribution in [2.24, 2.45) is 7.05 Å². The van der Waals surface area contributed by atoms with Crippen LogP contribution < -0.4 is 5.73 Å². The van der Waals surface area contributed by atoms with Gasteiger partial charge < -0.3 is 5.73 Å². The molecule has 0 aliphatic carbocycles. The summed E-state index contributed by atoms with van der Waals surface area (Å²) in [4.78, 5) is 11.9. The third kappa shape index (κ3) is 1.42. The Morgan fingerprint density at radius 3 is 2.75 bits per heavy atom. The highest BCUT2D eigenvalue weighted by molar-refractivity contribution is 5.96. The second kappa shape index (κ2) is 3.51. The Balaban J connectivity index is 2.42. The van der Waals surface area contributed by atoms with Crippen LogP contribution in [0.25, 0.3) is 0 Å². The van der Waals surface area contributed by atoms with Crippen molar-refractivity contribution in [2.45, 2.75) is 0 Å². The van der Waals surface area contributed by atoms with Gasteiger partial charge in [-0.05, 0) is 0 Å². The van der Waals surface area contributed by atoms with Crippen molar-refractivity contribution in [2.75, 3.05) is 5.73 Å². The zero-order valence-electron chi connectivity index (χ0n) is 8.45. The van der Waals surface area contributed by atoms with Crippen LogP contribution in [-0.2, 0) is 7.05 Å². The van der Waals surface area contributed by atoms with Gasteiger partial charge in [0.1, 0.15) is 17.5 Å². The van der Waals surface area contributed by atoms with Crippen LogP contribution in [0.2, 0.25) is 0 Å². The Labute approximate surface area is 90.7 Å². The summed E-state index contributed by atoms with van der Waals surface area (Å²) in [6.45, 7) is 0. The summed E-state index contributed by atoms with van der Waals surface area (Å²) >= 11 is 0. The number of anilines is 1.